The highest BCUT2D eigenvalue weighted by atomic mass is 16.5. The van der Waals surface area contributed by atoms with Crippen LogP contribution in [0, 0.1) is 5.92 Å². The van der Waals surface area contributed by atoms with Gasteiger partial charge in [0.2, 0.25) is 0 Å². The molecule has 1 heterocycles. The van der Waals surface area contributed by atoms with Gasteiger partial charge in [-0.15, -0.1) is 0 Å². The summed E-state index contributed by atoms with van der Waals surface area (Å²) in [6.07, 6.45) is 2.97. The molecule has 1 rings (SSSR count). The average Bonchev–Trinajstić information content (AvgIpc) is 2.50. The molecule has 2 N–H and O–H groups in total. The zero-order valence-electron chi connectivity index (χ0n) is 8.94. The minimum absolute atomic E-state index is 0.562. The fraction of sp³-hybridized carbons (Fsp3) is 0.700. The van der Waals surface area contributed by atoms with Crippen molar-refractivity contribution in [2.45, 2.75) is 26.8 Å². The van der Waals surface area contributed by atoms with Gasteiger partial charge >= 0.3 is 0 Å². The zero-order valence-corrected chi connectivity index (χ0v) is 8.94. The summed E-state index contributed by atoms with van der Waals surface area (Å²) in [4.78, 5) is 0. The lowest BCUT2D eigenvalue weighted by Crippen LogP contribution is -2.08. The van der Waals surface area contributed by atoms with E-state index in [0.717, 1.165) is 19.6 Å². The predicted molar refractivity (Wildman–Crippen MR) is 56.9 cm³/mol. The number of nitrogens with two attached hydrogens (primary N) is 1. The maximum Gasteiger partial charge on any atom is 0.145 e. The van der Waals surface area contributed by atoms with Crippen molar-refractivity contribution in [3.63, 3.8) is 0 Å². The highest BCUT2D eigenvalue weighted by Crippen LogP contribution is 1.99. The van der Waals surface area contributed by atoms with E-state index in [2.05, 4.69) is 18.9 Å². The first-order valence-corrected chi connectivity index (χ1v) is 5.05. The summed E-state index contributed by atoms with van der Waals surface area (Å²) in [5.41, 5.74) is 5.48. The Labute approximate surface area is 85.0 Å². The largest absolute Gasteiger partial charge is 0.382 e. The quantitative estimate of drug-likeness (QED) is 0.704. The number of hydrogen-bond donors (Lipinski definition) is 1. The second-order valence-corrected chi connectivity index (χ2v) is 3.80. The number of anilines is 1. The van der Waals surface area contributed by atoms with E-state index in [9.17, 15) is 0 Å². The van der Waals surface area contributed by atoms with E-state index in [1.165, 1.54) is 0 Å². The molecule has 0 aliphatic carbocycles. The molecule has 0 fully saturated rings. The number of nitrogens with zero attached hydrogens (tertiary/aromatic N) is 2. The third-order valence-electron chi connectivity index (χ3n) is 1.97. The van der Waals surface area contributed by atoms with Crippen molar-refractivity contribution in [2.24, 2.45) is 5.92 Å². The maximum atomic E-state index is 5.48. The van der Waals surface area contributed by atoms with Crippen molar-refractivity contribution >= 4 is 5.82 Å². The molecule has 1 aromatic heterocycles. The topological polar surface area (TPSA) is 53.1 Å². The minimum atomic E-state index is 0.562. The van der Waals surface area contributed by atoms with Crippen LogP contribution in [-0.2, 0) is 11.3 Å². The third-order valence-corrected chi connectivity index (χ3v) is 1.97. The molecule has 0 bridgehead atoms. The fourth-order valence-electron chi connectivity index (χ4n) is 1.08. The van der Waals surface area contributed by atoms with E-state index in [1.807, 2.05) is 6.20 Å². The van der Waals surface area contributed by atoms with E-state index < -0.39 is 0 Å². The summed E-state index contributed by atoms with van der Waals surface area (Å²) in [6.45, 7) is 6.69. The second kappa shape index (κ2) is 5.65. The van der Waals surface area contributed by atoms with Crippen LogP contribution in [0.2, 0.25) is 0 Å². The van der Waals surface area contributed by atoms with Gasteiger partial charge in [-0.05, 0) is 18.4 Å². The van der Waals surface area contributed by atoms with Crippen LogP contribution >= 0.6 is 0 Å². The van der Waals surface area contributed by atoms with Crippen molar-refractivity contribution < 1.29 is 4.74 Å². The second-order valence-electron chi connectivity index (χ2n) is 3.80. The van der Waals surface area contributed by atoms with Gasteiger partial charge < -0.3 is 10.5 Å². The van der Waals surface area contributed by atoms with E-state index >= 15 is 0 Å². The van der Waals surface area contributed by atoms with Crippen LogP contribution in [0.25, 0.3) is 0 Å². The van der Waals surface area contributed by atoms with Crippen LogP contribution < -0.4 is 5.73 Å². The Hall–Kier alpha value is -1.03. The van der Waals surface area contributed by atoms with Crippen molar-refractivity contribution in [2.75, 3.05) is 18.9 Å². The first-order chi connectivity index (χ1) is 6.68. The molecular weight excluding hydrogens is 178 g/mol. The zero-order chi connectivity index (χ0) is 10.4. The third kappa shape index (κ3) is 4.28. The smallest absolute Gasteiger partial charge is 0.145 e. The van der Waals surface area contributed by atoms with E-state index in [1.54, 1.807) is 10.7 Å². The molecule has 0 radical (unpaired) electrons. The number of hydrogen-bond acceptors (Lipinski definition) is 3. The molecule has 0 unspecified atom stereocenters. The molecule has 0 aromatic carbocycles. The molecule has 0 saturated heterocycles. The number of nitrogen functional groups attached to an aromatic ring is 1. The summed E-state index contributed by atoms with van der Waals surface area (Å²) in [5.74, 6) is 1.27. The molecule has 0 saturated carbocycles. The van der Waals surface area contributed by atoms with Gasteiger partial charge in [-0.3, -0.25) is 4.68 Å². The van der Waals surface area contributed by atoms with Gasteiger partial charge in [0, 0.05) is 12.8 Å². The summed E-state index contributed by atoms with van der Waals surface area (Å²) in [7, 11) is 0. The molecule has 0 atom stereocenters. The van der Waals surface area contributed by atoms with Crippen LogP contribution in [0.5, 0.6) is 0 Å². The molecule has 0 amide bonds. The first-order valence-electron chi connectivity index (χ1n) is 5.05. The Morgan fingerprint density at radius 1 is 1.50 bits per heavy atom. The highest BCUT2D eigenvalue weighted by molar-refractivity contribution is 5.23. The monoisotopic (exact) mass is 197 g/mol. The first kappa shape index (κ1) is 11.0. The fourth-order valence-corrected chi connectivity index (χ4v) is 1.08. The Morgan fingerprint density at radius 2 is 2.29 bits per heavy atom. The van der Waals surface area contributed by atoms with E-state index in [0.29, 0.717) is 18.3 Å². The van der Waals surface area contributed by atoms with E-state index in [-0.39, 0.29) is 0 Å². The summed E-state index contributed by atoms with van der Waals surface area (Å²) in [5, 5.41) is 4.06. The predicted octanol–water partition coefficient (Wildman–Crippen LogP) is 1.53. The lowest BCUT2D eigenvalue weighted by atomic mass is 10.1. The van der Waals surface area contributed by atoms with Gasteiger partial charge in [-0.2, -0.15) is 5.10 Å². The van der Waals surface area contributed by atoms with Gasteiger partial charge in [0.15, 0.2) is 0 Å². The highest BCUT2D eigenvalue weighted by Gasteiger charge is 1.96. The lowest BCUT2D eigenvalue weighted by Gasteiger charge is -2.06. The van der Waals surface area contributed by atoms with Gasteiger partial charge in [0.1, 0.15) is 5.82 Å². The summed E-state index contributed by atoms with van der Waals surface area (Å²) < 4.78 is 7.25. The van der Waals surface area contributed by atoms with Crippen LogP contribution in [-0.4, -0.2) is 23.0 Å². The van der Waals surface area contributed by atoms with Crippen LogP contribution in [0.15, 0.2) is 12.3 Å². The Bertz CT molecular complexity index is 258. The van der Waals surface area contributed by atoms with Crippen molar-refractivity contribution in [3.05, 3.63) is 12.3 Å². The molecule has 4 nitrogen and oxygen atoms in total. The molecule has 0 spiro atoms. The molecule has 0 aliphatic heterocycles. The van der Waals surface area contributed by atoms with Crippen molar-refractivity contribution in [1.82, 2.24) is 9.78 Å². The SMILES string of the molecule is CC(C)CCOCCn1ccc(N)n1. The standard InChI is InChI=1S/C10H19N3O/c1-9(2)4-7-14-8-6-13-5-3-10(11)12-13/h3,5,9H,4,6-8H2,1-2H3,(H2,11,12). The molecule has 4 heteroatoms. The summed E-state index contributed by atoms with van der Waals surface area (Å²) in [6, 6.07) is 1.79. The average molecular weight is 197 g/mol. The Kier molecular flexibility index (Phi) is 4.46. The van der Waals surface area contributed by atoms with Crippen LogP contribution in [0.1, 0.15) is 20.3 Å². The van der Waals surface area contributed by atoms with Gasteiger partial charge in [0.25, 0.3) is 0 Å². The summed E-state index contributed by atoms with van der Waals surface area (Å²) >= 11 is 0. The number of aromatic nitrogens is 2. The van der Waals surface area contributed by atoms with Crippen molar-refractivity contribution in [1.29, 1.82) is 0 Å². The lowest BCUT2D eigenvalue weighted by molar-refractivity contribution is 0.114. The van der Waals surface area contributed by atoms with Gasteiger partial charge in [-0.25, -0.2) is 0 Å². The molecule has 1 aromatic rings. The Balaban J connectivity index is 2.04. The number of rotatable bonds is 6. The normalized spacial score (nSPS) is 11.1. The van der Waals surface area contributed by atoms with Gasteiger partial charge in [0.05, 0.1) is 13.2 Å². The molecule has 0 aliphatic rings. The molecule has 80 valence electrons. The van der Waals surface area contributed by atoms with Crippen molar-refractivity contribution in [3.8, 4) is 0 Å². The minimum Gasteiger partial charge on any atom is -0.382 e. The van der Waals surface area contributed by atoms with E-state index in [4.69, 9.17) is 10.5 Å². The Morgan fingerprint density at radius 3 is 2.86 bits per heavy atom. The van der Waals surface area contributed by atoms with Gasteiger partial charge in [-0.1, -0.05) is 13.8 Å². The van der Waals surface area contributed by atoms with Crippen LogP contribution in [0.4, 0.5) is 5.82 Å². The molecular formula is C10H19N3O. The molecule has 14 heavy (non-hydrogen) atoms. The maximum absolute atomic E-state index is 5.48. The number of ether oxygens (including phenoxy) is 1. The van der Waals surface area contributed by atoms with Crippen LogP contribution in [0.3, 0.4) is 0 Å².